The van der Waals surface area contributed by atoms with E-state index in [9.17, 15) is 5.11 Å². The van der Waals surface area contributed by atoms with Crippen molar-refractivity contribution in [3.63, 3.8) is 0 Å². The summed E-state index contributed by atoms with van der Waals surface area (Å²) in [4.78, 5) is 0. The number of hydrogen-bond donors (Lipinski definition) is 1. The molecule has 2 saturated carbocycles. The molecular formula is C28H34O2. The van der Waals surface area contributed by atoms with Crippen molar-refractivity contribution in [1.29, 1.82) is 0 Å². The van der Waals surface area contributed by atoms with Crippen molar-refractivity contribution in [2.45, 2.75) is 88.6 Å². The van der Waals surface area contributed by atoms with Gasteiger partial charge in [-0.15, -0.1) is 0 Å². The molecule has 2 aromatic rings. The van der Waals surface area contributed by atoms with E-state index in [0.717, 1.165) is 17.8 Å². The van der Waals surface area contributed by atoms with E-state index >= 15 is 0 Å². The fourth-order valence-corrected chi connectivity index (χ4v) is 7.43. The van der Waals surface area contributed by atoms with Crippen LogP contribution in [-0.4, -0.2) is 11.2 Å². The maximum atomic E-state index is 10.00. The Bertz CT molecular complexity index is 920. The third-order valence-electron chi connectivity index (χ3n) is 8.76. The van der Waals surface area contributed by atoms with Crippen molar-refractivity contribution in [1.82, 2.24) is 0 Å². The summed E-state index contributed by atoms with van der Waals surface area (Å²) >= 11 is 0. The number of aryl methyl sites for hydroxylation is 2. The van der Waals surface area contributed by atoms with Crippen molar-refractivity contribution >= 4 is 0 Å². The lowest BCUT2D eigenvalue weighted by Gasteiger charge is -2.37. The van der Waals surface area contributed by atoms with Gasteiger partial charge in [0.2, 0.25) is 0 Å². The number of phenols is 1. The lowest BCUT2D eigenvalue weighted by molar-refractivity contribution is 0.120. The molecule has 1 N–H and O–H groups in total. The fourth-order valence-electron chi connectivity index (χ4n) is 7.43. The first-order valence-corrected chi connectivity index (χ1v) is 12.4. The summed E-state index contributed by atoms with van der Waals surface area (Å²) in [6.07, 6.45) is 15.2. The number of rotatable bonds is 0. The smallest absolute Gasteiger partial charge is 0.123 e. The van der Waals surface area contributed by atoms with Gasteiger partial charge in [-0.2, -0.15) is 0 Å². The zero-order chi connectivity index (χ0) is 20.1. The molecule has 2 nitrogen and oxygen atoms in total. The Kier molecular flexibility index (Phi) is 4.77. The van der Waals surface area contributed by atoms with E-state index in [4.69, 9.17) is 4.74 Å². The van der Waals surface area contributed by atoms with Crippen LogP contribution in [0.4, 0.5) is 0 Å². The molecule has 0 aromatic heterocycles. The molecule has 158 valence electrons. The molecular weight excluding hydrogens is 368 g/mol. The zero-order valence-electron chi connectivity index (χ0n) is 18.0. The van der Waals surface area contributed by atoms with Crippen molar-refractivity contribution in [3.8, 4) is 11.5 Å². The van der Waals surface area contributed by atoms with Gasteiger partial charge in [-0.05, 0) is 98.8 Å². The first-order valence-electron chi connectivity index (χ1n) is 12.4. The summed E-state index contributed by atoms with van der Waals surface area (Å²) in [7, 11) is 0. The minimum Gasteiger partial charge on any atom is -0.508 e. The van der Waals surface area contributed by atoms with Gasteiger partial charge in [-0.3, -0.25) is 0 Å². The second kappa shape index (κ2) is 7.62. The third kappa shape index (κ3) is 3.06. The Hall–Kier alpha value is -1.96. The number of ether oxygens (including phenoxy) is 1. The quantitative estimate of drug-likeness (QED) is 0.520. The van der Waals surface area contributed by atoms with E-state index in [1.54, 1.807) is 11.1 Å². The summed E-state index contributed by atoms with van der Waals surface area (Å²) < 4.78 is 6.10. The SMILES string of the molecule is Oc1cccc2c1C1CCCCC1CC2.c1cc2c3c(c1)OC1CCCC(CC2)C31. The minimum atomic E-state index is 0.514. The van der Waals surface area contributed by atoms with Crippen LogP contribution in [0.15, 0.2) is 36.4 Å². The van der Waals surface area contributed by atoms with Crippen molar-refractivity contribution in [3.05, 3.63) is 58.7 Å². The van der Waals surface area contributed by atoms with Gasteiger partial charge >= 0.3 is 0 Å². The molecule has 2 aromatic carbocycles. The maximum absolute atomic E-state index is 10.00. The summed E-state index contributed by atoms with van der Waals surface area (Å²) in [5, 5.41) is 10.00. The van der Waals surface area contributed by atoms with Gasteiger partial charge in [0.1, 0.15) is 17.6 Å². The summed E-state index contributed by atoms with van der Waals surface area (Å²) in [6.45, 7) is 0. The molecule has 5 unspecified atom stereocenters. The third-order valence-corrected chi connectivity index (χ3v) is 8.76. The lowest BCUT2D eigenvalue weighted by Crippen LogP contribution is -2.32. The normalized spacial score (nSPS) is 32.6. The molecule has 0 amide bonds. The second-order valence-corrected chi connectivity index (χ2v) is 10.3. The largest absolute Gasteiger partial charge is 0.508 e. The molecule has 7 rings (SSSR count). The molecule has 5 atom stereocenters. The molecule has 0 saturated heterocycles. The Labute approximate surface area is 180 Å². The second-order valence-electron chi connectivity index (χ2n) is 10.3. The fraction of sp³-hybridized carbons (Fsp3) is 0.571. The van der Waals surface area contributed by atoms with E-state index < -0.39 is 0 Å². The van der Waals surface area contributed by atoms with E-state index in [1.807, 2.05) is 12.1 Å². The Morgan fingerprint density at radius 3 is 2.33 bits per heavy atom. The summed E-state index contributed by atoms with van der Waals surface area (Å²) in [5.41, 5.74) is 5.84. The standard InChI is InChI=1S/C14H16O.C14H18O/c1-3-9-7-8-10-4-2-6-12-14(10)13(9)11(5-1)15-12;15-13-7-3-5-11-9-8-10-4-1-2-6-12(10)14(11)13/h1,3,5,10,12,14H,2,4,6-8H2;3,5,7,10,12,15H,1-2,4,6,8-9H2. The van der Waals surface area contributed by atoms with Crippen LogP contribution in [0.3, 0.4) is 0 Å². The molecule has 1 aliphatic heterocycles. The van der Waals surface area contributed by atoms with E-state index in [-0.39, 0.29) is 0 Å². The molecule has 0 radical (unpaired) electrons. The Morgan fingerprint density at radius 1 is 0.700 bits per heavy atom. The molecule has 2 fully saturated rings. The van der Waals surface area contributed by atoms with Gasteiger partial charge < -0.3 is 9.84 Å². The molecule has 0 spiro atoms. The van der Waals surface area contributed by atoms with E-state index in [0.29, 0.717) is 17.8 Å². The zero-order valence-corrected chi connectivity index (χ0v) is 18.0. The van der Waals surface area contributed by atoms with Gasteiger partial charge in [-0.25, -0.2) is 0 Å². The lowest BCUT2D eigenvalue weighted by atomic mass is 9.68. The topological polar surface area (TPSA) is 29.5 Å². The van der Waals surface area contributed by atoms with Gasteiger partial charge in [0.25, 0.3) is 0 Å². The van der Waals surface area contributed by atoms with Gasteiger partial charge in [0, 0.05) is 17.0 Å². The predicted octanol–water partition coefficient (Wildman–Crippen LogP) is 6.89. The highest BCUT2D eigenvalue weighted by Crippen LogP contribution is 2.53. The molecule has 5 aliphatic rings. The van der Waals surface area contributed by atoms with Crippen molar-refractivity contribution in [2.24, 2.45) is 11.8 Å². The van der Waals surface area contributed by atoms with Crippen LogP contribution in [0.25, 0.3) is 0 Å². The predicted molar refractivity (Wildman–Crippen MR) is 120 cm³/mol. The number of hydrogen-bond acceptors (Lipinski definition) is 2. The van der Waals surface area contributed by atoms with Crippen LogP contribution in [0.5, 0.6) is 11.5 Å². The van der Waals surface area contributed by atoms with Crippen LogP contribution < -0.4 is 4.74 Å². The number of phenolic OH excluding ortho intramolecular Hbond substituents is 1. The van der Waals surface area contributed by atoms with Crippen LogP contribution in [0.2, 0.25) is 0 Å². The van der Waals surface area contributed by atoms with Crippen molar-refractivity contribution < 1.29 is 9.84 Å². The summed E-state index contributed by atoms with van der Waals surface area (Å²) in [5.74, 6) is 4.92. The highest BCUT2D eigenvalue weighted by molar-refractivity contribution is 5.49. The average Bonchev–Trinajstić information content (AvgIpc) is 3.18. The first-order chi connectivity index (χ1) is 14.8. The minimum absolute atomic E-state index is 0.514. The molecule has 0 bridgehead atoms. The van der Waals surface area contributed by atoms with Gasteiger partial charge in [0.05, 0.1) is 0 Å². The van der Waals surface area contributed by atoms with Gasteiger partial charge in [-0.1, -0.05) is 37.1 Å². The molecule has 2 heteroatoms. The van der Waals surface area contributed by atoms with Crippen LogP contribution in [0, 0.1) is 11.8 Å². The number of benzene rings is 2. The molecule has 1 heterocycles. The van der Waals surface area contributed by atoms with E-state index in [1.165, 1.54) is 87.5 Å². The Morgan fingerprint density at radius 2 is 1.43 bits per heavy atom. The highest BCUT2D eigenvalue weighted by Gasteiger charge is 2.45. The number of fused-ring (bicyclic) bond motifs is 3. The van der Waals surface area contributed by atoms with E-state index in [2.05, 4.69) is 24.3 Å². The maximum Gasteiger partial charge on any atom is 0.123 e. The monoisotopic (exact) mass is 402 g/mol. The molecule has 30 heavy (non-hydrogen) atoms. The highest BCUT2D eigenvalue weighted by atomic mass is 16.5. The van der Waals surface area contributed by atoms with Crippen LogP contribution in [-0.2, 0) is 12.8 Å². The van der Waals surface area contributed by atoms with Gasteiger partial charge in [0.15, 0.2) is 0 Å². The van der Waals surface area contributed by atoms with Crippen LogP contribution in [0.1, 0.15) is 91.9 Å². The van der Waals surface area contributed by atoms with Crippen molar-refractivity contribution in [2.75, 3.05) is 0 Å². The number of aromatic hydroxyl groups is 1. The molecule has 4 aliphatic carbocycles. The average molecular weight is 403 g/mol. The first kappa shape index (κ1) is 18.8. The summed E-state index contributed by atoms with van der Waals surface area (Å²) in [6, 6.07) is 12.7. The van der Waals surface area contributed by atoms with Crippen LogP contribution >= 0.6 is 0 Å². The Balaban J connectivity index is 0.000000117.